The van der Waals surface area contributed by atoms with Gasteiger partial charge in [0.1, 0.15) is 0 Å². The Morgan fingerprint density at radius 2 is 1.91 bits per heavy atom. The van der Waals surface area contributed by atoms with Gasteiger partial charge in [-0.2, -0.15) is 0 Å². The van der Waals surface area contributed by atoms with Crippen LogP contribution in [0.3, 0.4) is 0 Å². The molecule has 22 heavy (non-hydrogen) atoms. The molecule has 2 N–H and O–H groups in total. The molecule has 2 aromatic carbocycles. The van der Waals surface area contributed by atoms with Crippen molar-refractivity contribution in [2.75, 3.05) is 5.32 Å². The van der Waals surface area contributed by atoms with Crippen LogP contribution in [0.25, 0.3) is 10.2 Å². The summed E-state index contributed by atoms with van der Waals surface area (Å²) in [6.07, 6.45) is 0. The Labute approximate surface area is 147 Å². The van der Waals surface area contributed by atoms with Gasteiger partial charge in [-0.25, -0.2) is 4.98 Å². The number of halogens is 2. The van der Waals surface area contributed by atoms with Crippen LogP contribution in [0.2, 0.25) is 0 Å². The SMILES string of the molecule is O=C(Nc1nc2ccc(Br)cc2s1)c1cc(Br)ccc1CO. The van der Waals surface area contributed by atoms with Crippen molar-refractivity contribution in [3.05, 3.63) is 56.5 Å². The zero-order valence-corrected chi connectivity index (χ0v) is 15.1. The van der Waals surface area contributed by atoms with Gasteiger partial charge >= 0.3 is 0 Å². The molecule has 112 valence electrons. The maximum absolute atomic E-state index is 12.4. The summed E-state index contributed by atoms with van der Waals surface area (Å²) < 4.78 is 2.74. The maximum atomic E-state index is 12.4. The Morgan fingerprint density at radius 1 is 1.18 bits per heavy atom. The molecule has 0 aliphatic carbocycles. The number of nitrogens with zero attached hydrogens (tertiary/aromatic N) is 1. The number of nitrogens with one attached hydrogen (secondary N) is 1. The summed E-state index contributed by atoms with van der Waals surface area (Å²) >= 11 is 8.15. The molecule has 0 aliphatic rings. The van der Waals surface area contributed by atoms with E-state index in [4.69, 9.17) is 0 Å². The van der Waals surface area contributed by atoms with Crippen molar-refractivity contribution in [1.29, 1.82) is 0 Å². The third-order valence-electron chi connectivity index (χ3n) is 3.06. The quantitative estimate of drug-likeness (QED) is 0.625. The van der Waals surface area contributed by atoms with E-state index in [2.05, 4.69) is 42.2 Å². The number of benzene rings is 2. The van der Waals surface area contributed by atoms with Crippen LogP contribution in [0, 0.1) is 0 Å². The fraction of sp³-hybridized carbons (Fsp3) is 0.0667. The molecule has 1 heterocycles. The van der Waals surface area contributed by atoms with Crippen LogP contribution >= 0.6 is 43.2 Å². The first-order valence-corrected chi connectivity index (χ1v) is 8.74. The molecule has 0 saturated heterocycles. The van der Waals surface area contributed by atoms with E-state index in [1.54, 1.807) is 18.2 Å². The lowest BCUT2D eigenvalue weighted by atomic mass is 10.1. The van der Waals surface area contributed by atoms with Crippen molar-refractivity contribution in [2.24, 2.45) is 0 Å². The zero-order chi connectivity index (χ0) is 15.7. The van der Waals surface area contributed by atoms with E-state index in [0.29, 0.717) is 16.3 Å². The van der Waals surface area contributed by atoms with Gasteiger partial charge in [-0.15, -0.1) is 0 Å². The van der Waals surface area contributed by atoms with E-state index < -0.39 is 0 Å². The third kappa shape index (κ3) is 3.22. The number of aliphatic hydroxyl groups excluding tert-OH is 1. The van der Waals surface area contributed by atoms with Crippen molar-refractivity contribution < 1.29 is 9.90 Å². The van der Waals surface area contributed by atoms with E-state index in [1.165, 1.54) is 11.3 Å². The molecule has 7 heteroatoms. The van der Waals surface area contributed by atoms with Crippen LogP contribution in [0.1, 0.15) is 15.9 Å². The Bertz CT molecular complexity index is 864. The van der Waals surface area contributed by atoms with Gasteiger partial charge in [0.25, 0.3) is 5.91 Å². The highest BCUT2D eigenvalue weighted by atomic mass is 79.9. The number of hydrogen-bond acceptors (Lipinski definition) is 4. The molecule has 1 aromatic heterocycles. The lowest BCUT2D eigenvalue weighted by molar-refractivity contribution is 0.102. The number of carbonyl (C=O) groups excluding carboxylic acids is 1. The minimum Gasteiger partial charge on any atom is -0.392 e. The lowest BCUT2D eigenvalue weighted by Crippen LogP contribution is -2.14. The van der Waals surface area contributed by atoms with Gasteiger partial charge in [-0.1, -0.05) is 49.3 Å². The average Bonchev–Trinajstić information content (AvgIpc) is 2.88. The standard InChI is InChI=1S/C15H10Br2N2O2S/c16-9-2-1-8(7-20)11(5-9)14(21)19-15-18-12-4-3-10(17)6-13(12)22-15/h1-6,20H,7H2,(H,18,19,21). The first kappa shape index (κ1) is 15.6. The maximum Gasteiger partial charge on any atom is 0.257 e. The molecule has 0 spiro atoms. The monoisotopic (exact) mass is 440 g/mol. The molecular formula is C15H10Br2N2O2S. The van der Waals surface area contributed by atoms with Crippen molar-refractivity contribution >= 4 is 64.5 Å². The molecule has 3 aromatic rings. The number of carbonyl (C=O) groups is 1. The molecule has 0 fully saturated rings. The topological polar surface area (TPSA) is 62.2 Å². The Morgan fingerprint density at radius 3 is 2.68 bits per heavy atom. The van der Waals surface area contributed by atoms with Crippen LogP contribution in [0.5, 0.6) is 0 Å². The summed E-state index contributed by atoms with van der Waals surface area (Å²) in [6.45, 7) is -0.192. The van der Waals surface area contributed by atoms with Crippen LogP contribution < -0.4 is 5.32 Å². The first-order valence-electron chi connectivity index (χ1n) is 6.33. The van der Waals surface area contributed by atoms with E-state index in [9.17, 15) is 9.90 Å². The molecular weight excluding hydrogens is 432 g/mol. The van der Waals surface area contributed by atoms with Crippen LogP contribution in [-0.2, 0) is 6.61 Å². The summed E-state index contributed by atoms with van der Waals surface area (Å²) in [6, 6.07) is 11.0. The number of rotatable bonds is 3. The fourth-order valence-electron chi connectivity index (χ4n) is 2.01. The number of aromatic nitrogens is 1. The summed E-state index contributed by atoms with van der Waals surface area (Å²) in [4.78, 5) is 16.8. The molecule has 0 saturated carbocycles. The minimum atomic E-state index is -0.288. The Kier molecular flexibility index (Phi) is 4.58. The molecule has 0 radical (unpaired) electrons. The number of amides is 1. The summed E-state index contributed by atoms with van der Waals surface area (Å²) in [5, 5.41) is 12.7. The molecule has 0 bridgehead atoms. The van der Waals surface area contributed by atoms with Crippen LogP contribution in [0.4, 0.5) is 5.13 Å². The predicted octanol–water partition coefficient (Wildman–Crippen LogP) is 4.57. The van der Waals surface area contributed by atoms with E-state index in [0.717, 1.165) is 19.2 Å². The fourth-order valence-corrected chi connectivity index (χ4v) is 3.79. The second-order valence-electron chi connectivity index (χ2n) is 4.54. The molecule has 1 amide bonds. The summed E-state index contributed by atoms with van der Waals surface area (Å²) in [7, 11) is 0. The number of hydrogen-bond donors (Lipinski definition) is 2. The summed E-state index contributed by atoms with van der Waals surface area (Å²) in [5.41, 5.74) is 1.84. The predicted molar refractivity (Wildman–Crippen MR) is 95.3 cm³/mol. The Balaban J connectivity index is 1.91. The second kappa shape index (κ2) is 6.45. The first-order chi connectivity index (χ1) is 10.6. The number of thiazole rings is 1. The number of aliphatic hydroxyl groups is 1. The highest BCUT2D eigenvalue weighted by molar-refractivity contribution is 9.10. The molecule has 0 aliphatic heterocycles. The number of anilines is 1. The molecule has 0 unspecified atom stereocenters. The van der Waals surface area contributed by atoms with Gasteiger partial charge in [-0.05, 0) is 35.9 Å². The number of fused-ring (bicyclic) bond motifs is 1. The normalized spacial score (nSPS) is 10.9. The van der Waals surface area contributed by atoms with E-state index in [1.807, 2.05) is 18.2 Å². The molecule has 0 atom stereocenters. The van der Waals surface area contributed by atoms with Crippen molar-refractivity contribution in [3.8, 4) is 0 Å². The highest BCUT2D eigenvalue weighted by Crippen LogP contribution is 2.29. The average molecular weight is 442 g/mol. The molecule has 3 rings (SSSR count). The summed E-state index contributed by atoms with van der Waals surface area (Å²) in [5.74, 6) is -0.288. The highest BCUT2D eigenvalue weighted by Gasteiger charge is 2.14. The third-order valence-corrected chi connectivity index (χ3v) is 4.98. The van der Waals surface area contributed by atoms with Gasteiger partial charge in [0.15, 0.2) is 5.13 Å². The molecule has 4 nitrogen and oxygen atoms in total. The zero-order valence-electron chi connectivity index (χ0n) is 11.1. The smallest absolute Gasteiger partial charge is 0.257 e. The van der Waals surface area contributed by atoms with Crippen molar-refractivity contribution in [2.45, 2.75) is 6.61 Å². The minimum absolute atomic E-state index is 0.192. The van der Waals surface area contributed by atoms with Gasteiger partial charge in [0.2, 0.25) is 0 Å². The van der Waals surface area contributed by atoms with Crippen molar-refractivity contribution in [3.63, 3.8) is 0 Å². The van der Waals surface area contributed by atoms with Gasteiger partial charge in [0, 0.05) is 14.5 Å². The van der Waals surface area contributed by atoms with Gasteiger partial charge in [0.05, 0.1) is 16.8 Å². The van der Waals surface area contributed by atoms with Crippen LogP contribution in [0.15, 0.2) is 45.3 Å². The van der Waals surface area contributed by atoms with E-state index >= 15 is 0 Å². The Hall–Kier alpha value is -1.28. The lowest BCUT2D eigenvalue weighted by Gasteiger charge is -2.07. The second-order valence-corrected chi connectivity index (χ2v) is 7.41. The van der Waals surface area contributed by atoms with Crippen molar-refractivity contribution in [1.82, 2.24) is 4.98 Å². The van der Waals surface area contributed by atoms with E-state index in [-0.39, 0.29) is 12.5 Å². The van der Waals surface area contributed by atoms with Gasteiger partial charge < -0.3 is 5.11 Å². The van der Waals surface area contributed by atoms with Crippen LogP contribution in [-0.4, -0.2) is 16.0 Å². The largest absolute Gasteiger partial charge is 0.392 e. The van der Waals surface area contributed by atoms with Gasteiger partial charge in [-0.3, -0.25) is 10.1 Å².